The molecule has 1 amide bonds. The molecule has 3 aromatic rings. The number of methoxy groups -OCH3 is 1. The van der Waals surface area contributed by atoms with Gasteiger partial charge in [0, 0.05) is 18.7 Å². The van der Waals surface area contributed by atoms with Crippen LogP contribution in [0.3, 0.4) is 0 Å². The van der Waals surface area contributed by atoms with Crippen LogP contribution in [-0.4, -0.2) is 39.4 Å². The van der Waals surface area contributed by atoms with Crippen LogP contribution in [0.5, 0.6) is 5.75 Å². The lowest BCUT2D eigenvalue weighted by molar-refractivity contribution is -0.384. The first kappa shape index (κ1) is 24.7. The van der Waals surface area contributed by atoms with E-state index in [2.05, 4.69) is 5.32 Å². The van der Waals surface area contributed by atoms with Gasteiger partial charge in [-0.1, -0.05) is 42.5 Å². The van der Waals surface area contributed by atoms with E-state index in [4.69, 9.17) is 4.74 Å². The number of aryl methyl sites for hydroxylation is 1. The van der Waals surface area contributed by atoms with Gasteiger partial charge in [-0.25, -0.2) is 8.42 Å². The van der Waals surface area contributed by atoms with Crippen molar-refractivity contribution in [2.45, 2.75) is 17.7 Å². The number of sulfonamides is 1. The maximum atomic E-state index is 13.3. The molecule has 0 spiro atoms. The van der Waals surface area contributed by atoms with Crippen LogP contribution in [0.25, 0.3) is 0 Å². The Morgan fingerprint density at radius 3 is 2.44 bits per heavy atom. The number of nitrogens with one attached hydrogen (secondary N) is 1. The Bertz CT molecular complexity index is 1250. The summed E-state index contributed by atoms with van der Waals surface area (Å²) in [6.07, 6.45) is 1.29. The van der Waals surface area contributed by atoms with Gasteiger partial charge in [-0.3, -0.25) is 19.2 Å². The molecule has 0 saturated heterocycles. The van der Waals surface area contributed by atoms with Gasteiger partial charge in [0.05, 0.1) is 22.6 Å². The number of carbonyl (C=O) groups excluding carboxylic acids is 1. The van der Waals surface area contributed by atoms with Crippen LogP contribution >= 0.6 is 0 Å². The van der Waals surface area contributed by atoms with Gasteiger partial charge >= 0.3 is 0 Å². The molecule has 0 aliphatic rings. The van der Waals surface area contributed by atoms with Crippen molar-refractivity contribution in [2.75, 3.05) is 24.5 Å². The molecular formula is C24H25N3O6S. The minimum absolute atomic E-state index is 0.0227. The highest BCUT2D eigenvalue weighted by Gasteiger charge is 2.28. The van der Waals surface area contributed by atoms with Crippen LogP contribution in [0.2, 0.25) is 0 Å². The number of rotatable bonds is 11. The molecule has 3 aromatic carbocycles. The van der Waals surface area contributed by atoms with E-state index in [0.717, 1.165) is 21.7 Å². The number of ether oxygens (including phenoxy) is 1. The second-order valence-corrected chi connectivity index (χ2v) is 9.23. The minimum atomic E-state index is -4.14. The van der Waals surface area contributed by atoms with Crippen molar-refractivity contribution in [1.29, 1.82) is 0 Å². The molecule has 10 heteroatoms. The summed E-state index contributed by atoms with van der Waals surface area (Å²) in [7, 11) is -2.55. The van der Waals surface area contributed by atoms with Gasteiger partial charge in [-0.2, -0.15) is 0 Å². The summed E-state index contributed by atoms with van der Waals surface area (Å²) in [5.41, 5.74) is 0.759. The van der Waals surface area contributed by atoms with E-state index in [1.165, 1.54) is 30.3 Å². The zero-order valence-corrected chi connectivity index (χ0v) is 19.4. The van der Waals surface area contributed by atoms with E-state index in [9.17, 15) is 23.3 Å². The Balaban J connectivity index is 1.74. The monoisotopic (exact) mass is 483 g/mol. The molecule has 0 unspecified atom stereocenters. The van der Waals surface area contributed by atoms with Gasteiger partial charge in [-0.05, 0) is 42.7 Å². The van der Waals surface area contributed by atoms with Crippen molar-refractivity contribution in [2.24, 2.45) is 0 Å². The van der Waals surface area contributed by atoms with Crippen molar-refractivity contribution >= 4 is 27.3 Å². The molecule has 0 fully saturated rings. The molecular weight excluding hydrogens is 458 g/mol. The number of nitro benzene ring substituents is 1. The lowest BCUT2D eigenvalue weighted by Gasteiger charge is -2.24. The molecule has 178 valence electrons. The van der Waals surface area contributed by atoms with E-state index < -0.39 is 27.4 Å². The Labute approximate surface area is 198 Å². The highest BCUT2D eigenvalue weighted by Crippen LogP contribution is 2.27. The van der Waals surface area contributed by atoms with Crippen molar-refractivity contribution in [1.82, 2.24) is 5.32 Å². The number of carbonyl (C=O) groups is 1. The van der Waals surface area contributed by atoms with E-state index in [1.807, 2.05) is 24.3 Å². The Morgan fingerprint density at radius 2 is 1.74 bits per heavy atom. The summed E-state index contributed by atoms with van der Waals surface area (Å²) in [6.45, 7) is -0.196. The normalized spacial score (nSPS) is 11.0. The van der Waals surface area contributed by atoms with Gasteiger partial charge in [0.1, 0.15) is 12.3 Å². The second-order valence-electron chi connectivity index (χ2n) is 7.37. The van der Waals surface area contributed by atoms with Crippen LogP contribution < -0.4 is 14.4 Å². The van der Waals surface area contributed by atoms with Crippen LogP contribution in [0.4, 0.5) is 11.4 Å². The summed E-state index contributed by atoms with van der Waals surface area (Å²) in [5.74, 6) is 0.241. The third kappa shape index (κ3) is 6.10. The molecule has 0 heterocycles. The highest BCUT2D eigenvalue weighted by atomic mass is 32.2. The van der Waals surface area contributed by atoms with Crippen LogP contribution in [0.1, 0.15) is 12.0 Å². The summed E-state index contributed by atoms with van der Waals surface area (Å²) in [5, 5.41) is 13.9. The van der Waals surface area contributed by atoms with Crippen LogP contribution in [-0.2, 0) is 21.2 Å². The first-order valence-electron chi connectivity index (χ1n) is 10.5. The first-order chi connectivity index (χ1) is 16.3. The quantitative estimate of drug-likeness (QED) is 0.253. The van der Waals surface area contributed by atoms with Gasteiger partial charge in [0.25, 0.3) is 15.7 Å². The SMILES string of the molecule is COc1ccccc1CCCNC(=O)CN(c1cccc([N+](=O)[O-])c1)S(=O)(=O)c1ccccc1. The molecule has 1 N–H and O–H groups in total. The fraction of sp³-hybridized carbons (Fsp3) is 0.208. The standard InChI is InChI=1S/C24H25N3O6S/c1-33-23-15-6-5-9-19(23)10-8-16-25-24(28)18-26(20-11-7-12-21(17-20)27(29)30)34(31,32)22-13-3-2-4-14-22/h2-7,9,11-15,17H,8,10,16,18H2,1H3,(H,25,28). The highest BCUT2D eigenvalue weighted by molar-refractivity contribution is 7.92. The number of hydrogen-bond acceptors (Lipinski definition) is 6. The summed E-state index contributed by atoms with van der Waals surface area (Å²) in [6, 6.07) is 20.4. The van der Waals surface area contributed by atoms with E-state index in [-0.39, 0.29) is 16.3 Å². The molecule has 9 nitrogen and oxygen atoms in total. The number of nitro groups is 1. The molecule has 0 radical (unpaired) electrons. The lowest BCUT2D eigenvalue weighted by Crippen LogP contribution is -2.41. The minimum Gasteiger partial charge on any atom is -0.496 e. The third-order valence-electron chi connectivity index (χ3n) is 5.08. The van der Waals surface area contributed by atoms with Crippen LogP contribution in [0, 0.1) is 10.1 Å². The number of non-ortho nitro benzene ring substituents is 1. The Hall–Kier alpha value is -3.92. The van der Waals surface area contributed by atoms with E-state index in [1.54, 1.807) is 25.3 Å². The molecule has 0 atom stereocenters. The zero-order chi connectivity index (χ0) is 24.6. The predicted octanol–water partition coefficient (Wildman–Crippen LogP) is 3.55. The van der Waals surface area contributed by atoms with Crippen molar-refractivity contribution < 1.29 is 22.9 Å². The molecule has 0 aromatic heterocycles. The second kappa shape index (κ2) is 11.3. The Morgan fingerprint density at radius 1 is 1.03 bits per heavy atom. The fourth-order valence-corrected chi connectivity index (χ4v) is 4.83. The van der Waals surface area contributed by atoms with Gasteiger partial charge in [0.2, 0.25) is 5.91 Å². The van der Waals surface area contributed by atoms with Crippen molar-refractivity contribution in [3.05, 3.63) is 94.5 Å². The van der Waals surface area contributed by atoms with Gasteiger partial charge in [0.15, 0.2) is 0 Å². The zero-order valence-electron chi connectivity index (χ0n) is 18.6. The maximum absolute atomic E-state index is 13.3. The fourth-order valence-electron chi connectivity index (χ4n) is 3.40. The van der Waals surface area contributed by atoms with Crippen molar-refractivity contribution in [3.63, 3.8) is 0 Å². The molecule has 0 aliphatic heterocycles. The number of amides is 1. The average Bonchev–Trinajstić information content (AvgIpc) is 2.86. The number of anilines is 1. The van der Waals surface area contributed by atoms with Crippen LogP contribution in [0.15, 0.2) is 83.8 Å². The average molecular weight is 484 g/mol. The number of nitrogens with zero attached hydrogens (tertiary/aromatic N) is 2. The topological polar surface area (TPSA) is 119 Å². The molecule has 3 rings (SSSR count). The maximum Gasteiger partial charge on any atom is 0.271 e. The predicted molar refractivity (Wildman–Crippen MR) is 128 cm³/mol. The molecule has 0 saturated carbocycles. The lowest BCUT2D eigenvalue weighted by atomic mass is 10.1. The number of hydrogen-bond donors (Lipinski definition) is 1. The largest absolute Gasteiger partial charge is 0.496 e. The van der Waals surface area contributed by atoms with Gasteiger partial charge in [-0.15, -0.1) is 0 Å². The first-order valence-corrected chi connectivity index (χ1v) is 12.0. The molecule has 34 heavy (non-hydrogen) atoms. The van der Waals surface area contributed by atoms with E-state index >= 15 is 0 Å². The smallest absolute Gasteiger partial charge is 0.271 e. The van der Waals surface area contributed by atoms with Crippen molar-refractivity contribution in [3.8, 4) is 5.75 Å². The summed E-state index contributed by atoms with van der Waals surface area (Å²) in [4.78, 5) is 23.2. The van der Waals surface area contributed by atoms with Gasteiger partial charge < -0.3 is 10.1 Å². The summed E-state index contributed by atoms with van der Waals surface area (Å²) >= 11 is 0. The van der Waals surface area contributed by atoms with E-state index in [0.29, 0.717) is 19.4 Å². The summed E-state index contributed by atoms with van der Waals surface area (Å²) < 4.78 is 32.8. The number of benzene rings is 3. The third-order valence-corrected chi connectivity index (χ3v) is 6.87. The number of para-hydroxylation sites is 1. The molecule has 0 aliphatic carbocycles. The Kier molecular flexibility index (Phi) is 8.20. The molecule has 0 bridgehead atoms.